The van der Waals surface area contributed by atoms with Crippen molar-refractivity contribution in [1.29, 1.82) is 0 Å². The summed E-state index contributed by atoms with van der Waals surface area (Å²) in [4.78, 5) is 0.635. The van der Waals surface area contributed by atoms with E-state index in [-0.39, 0.29) is 11.5 Å². The first-order chi connectivity index (χ1) is 9.10. The molecule has 2 aromatic carbocycles. The molecule has 19 heavy (non-hydrogen) atoms. The summed E-state index contributed by atoms with van der Waals surface area (Å²) in [6.07, 6.45) is 0. The summed E-state index contributed by atoms with van der Waals surface area (Å²) in [7, 11) is 0.157. The molecule has 0 amide bonds. The molecule has 3 nitrogen and oxygen atoms in total. The van der Waals surface area contributed by atoms with E-state index in [9.17, 15) is 8.60 Å². The molecule has 0 aromatic heterocycles. The zero-order valence-corrected chi connectivity index (χ0v) is 11.2. The van der Waals surface area contributed by atoms with E-state index in [0.717, 1.165) is 0 Å². The summed E-state index contributed by atoms with van der Waals surface area (Å²) in [5.74, 6) is -0.0345. The van der Waals surface area contributed by atoms with Crippen LogP contribution in [0, 0.1) is 5.82 Å². The molecule has 0 spiro atoms. The van der Waals surface area contributed by atoms with Gasteiger partial charge in [0.2, 0.25) is 0 Å². The van der Waals surface area contributed by atoms with Crippen LogP contribution < -0.4 is 10.5 Å². The third kappa shape index (κ3) is 3.32. The van der Waals surface area contributed by atoms with E-state index in [1.807, 2.05) is 0 Å². The molecule has 5 heteroatoms. The Morgan fingerprint density at radius 1 is 1.26 bits per heavy atom. The second-order valence-electron chi connectivity index (χ2n) is 4.03. The van der Waals surface area contributed by atoms with E-state index in [0.29, 0.717) is 16.1 Å². The minimum atomic E-state index is -1.25. The molecule has 100 valence electrons. The van der Waals surface area contributed by atoms with Gasteiger partial charge in [0.15, 0.2) is 11.6 Å². The van der Waals surface area contributed by atoms with Crippen molar-refractivity contribution in [3.8, 4) is 5.75 Å². The number of nitrogens with two attached hydrogens (primary N) is 1. The maximum absolute atomic E-state index is 13.5. The average Bonchev–Trinajstić information content (AvgIpc) is 2.39. The fraction of sp³-hybridized carbons (Fsp3) is 0.143. The van der Waals surface area contributed by atoms with Crippen LogP contribution in [-0.2, 0) is 16.6 Å². The molecule has 0 saturated carbocycles. The van der Waals surface area contributed by atoms with Crippen molar-refractivity contribution < 1.29 is 13.3 Å². The number of nitrogen functional groups attached to an aromatic ring is 1. The Hall–Kier alpha value is -1.88. The highest BCUT2D eigenvalue weighted by molar-refractivity contribution is 7.84. The van der Waals surface area contributed by atoms with Gasteiger partial charge >= 0.3 is 0 Å². The molecule has 0 aliphatic heterocycles. The molecular weight excluding hydrogens is 265 g/mol. The monoisotopic (exact) mass is 279 g/mol. The Kier molecular flexibility index (Phi) is 4.16. The number of rotatable bonds is 4. The molecule has 2 aromatic rings. The zero-order chi connectivity index (χ0) is 13.8. The number of hydrogen-bond donors (Lipinski definition) is 1. The Morgan fingerprint density at radius 3 is 2.68 bits per heavy atom. The maximum atomic E-state index is 13.5. The number of halogens is 1. The normalized spacial score (nSPS) is 12.1. The molecule has 0 aliphatic rings. The van der Waals surface area contributed by atoms with Crippen LogP contribution in [-0.4, -0.2) is 11.3 Å². The van der Waals surface area contributed by atoms with Crippen LogP contribution >= 0.6 is 0 Å². The van der Waals surface area contributed by atoms with Gasteiger partial charge in [-0.3, -0.25) is 4.21 Å². The molecule has 0 fully saturated rings. The van der Waals surface area contributed by atoms with E-state index < -0.39 is 16.6 Å². The predicted molar refractivity (Wildman–Crippen MR) is 73.9 cm³/mol. The smallest absolute Gasteiger partial charge is 0.165 e. The van der Waals surface area contributed by atoms with Crippen molar-refractivity contribution in [2.45, 2.75) is 10.6 Å². The van der Waals surface area contributed by atoms with Gasteiger partial charge in [-0.15, -0.1) is 0 Å². The van der Waals surface area contributed by atoms with Gasteiger partial charge in [0.1, 0.15) is 0 Å². The minimum Gasteiger partial charge on any atom is -0.494 e. The number of methoxy groups -OCH3 is 1. The Morgan fingerprint density at radius 2 is 2.05 bits per heavy atom. The minimum absolute atomic E-state index is 0.179. The van der Waals surface area contributed by atoms with Crippen LogP contribution in [0.5, 0.6) is 5.75 Å². The largest absolute Gasteiger partial charge is 0.494 e. The molecule has 2 rings (SSSR count). The lowest BCUT2D eigenvalue weighted by Crippen LogP contribution is -1.99. The zero-order valence-electron chi connectivity index (χ0n) is 10.4. The standard InChI is InChI=1S/C14H14FNO2S/c1-18-14-6-5-10(7-13(14)15)9-19(17)12-4-2-3-11(16)8-12/h2-8H,9,16H2,1H3. The Labute approximate surface area is 113 Å². The summed E-state index contributed by atoms with van der Waals surface area (Å²) < 4.78 is 30.5. The maximum Gasteiger partial charge on any atom is 0.165 e. The Bertz CT molecular complexity index is 616. The van der Waals surface area contributed by atoms with Crippen molar-refractivity contribution >= 4 is 16.5 Å². The van der Waals surface area contributed by atoms with Crippen molar-refractivity contribution in [3.63, 3.8) is 0 Å². The second kappa shape index (κ2) is 5.84. The van der Waals surface area contributed by atoms with Gasteiger partial charge in [0.05, 0.1) is 23.7 Å². The summed E-state index contributed by atoms with van der Waals surface area (Å²) >= 11 is 0. The van der Waals surface area contributed by atoms with E-state index in [4.69, 9.17) is 10.5 Å². The fourth-order valence-electron chi connectivity index (χ4n) is 1.69. The van der Waals surface area contributed by atoms with Crippen LogP contribution in [0.1, 0.15) is 5.56 Å². The SMILES string of the molecule is COc1ccc(CS(=O)c2cccc(N)c2)cc1F. The van der Waals surface area contributed by atoms with Gasteiger partial charge in [-0.2, -0.15) is 0 Å². The van der Waals surface area contributed by atoms with Crippen molar-refractivity contribution in [2.75, 3.05) is 12.8 Å². The third-order valence-electron chi connectivity index (χ3n) is 2.63. The molecular formula is C14H14FNO2S. The van der Waals surface area contributed by atoms with E-state index in [1.165, 1.54) is 19.2 Å². The first-order valence-electron chi connectivity index (χ1n) is 5.66. The van der Waals surface area contributed by atoms with E-state index in [2.05, 4.69) is 0 Å². The van der Waals surface area contributed by atoms with E-state index in [1.54, 1.807) is 30.3 Å². The molecule has 0 radical (unpaired) electrons. The first kappa shape index (κ1) is 13.5. The van der Waals surface area contributed by atoms with Crippen LogP contribution in [0.4, 0.5) is 10.1 Å². The van der Waals surface area contributed by atoms with Gasteiger partial charge in [-0.05, 0) is 35.9 Å². The summed E-state index contributed by atoms with van der Waals surface area (Å²) in [5.41, 5.74) is 6.85. The molecule has 1 atom stereocenters. The molecule has 0 heterocycles. The quantitative estimate of drug-likeness (QED) is 0.875. The molecule has 0 bridgehead atoms. The highest BCUT2D eigenvalue weighted by Gasteiger charge is 2.08. The van der Waals surface area contributed by atoms with E-state index >= 15 is 0 Å². The van der Waals surface area contributed by atoms with Crippen LogP contribution in [0.25, 0.3) is 0 Å². The lowest BCUT2D eigenvalue weighted by Gasteiger charge is -2.06. The van der Waals surface area contributed by atoms with Gasteiger partial charge < -0.3 is 10.5 Å². The highest BCUT2D eigenvalue weighted by atomic mass is 32.2. The lowest BCUT2D eigenvalue weighted by atomic mass is 10.2. The van der Waals surface area contributed by atoms with Crippen molar-refractivity contribution in [2.24, 2.45) is 0 Å². The number of ether oxygens (including phenoxy) is 1. The average molecular weight is 279 g/mol. The summed E-state index contributed by atoms with van der Waals surface area (Å²) in [5, 5.41) is 0. The summed E-state index contributed by atoms with van der Waals surface area (Å²) in [6, 6.07) is 11.4. The first-order valence-corrected chi connectivity index (χ1v) is 6.98. The number of anilines is 1. The fourth-order valence-corrected chi connectivity index (χ4v) is 2.84. The third-order valence-corrected chi connectivity index (χ3v) is 4.01. The van der Waals surface area contributed by atoms with Gasteiger partial charge in [0.25, 0.3) is 0 Å². The van der Waals surface area contributed by atoms with Crippen LogP contribution in [0.15, 0.2) is 47.4 Å². The molecule has 2 N–H and O–H groups in total. The van der Waals surface area contributed by atoms with Crippen LogP contribution in [0.3, 0.4) is 0 Å². The summed E-state index contributed by atoms with van der Waals surface area (Å²) in [6.45, 7) is 0. The number of benzene rings is 2. The topological polar surface area (TPSA) is 52.3 Å². The van der Waals surface area contributed by atoms with Crippen LogP contribution in [0.2, 0.25) is 0 Å². The van der Waals surface area contributed by atoms with Gasteiger partial charge in [-0.1, -0.05) is 12.1 Å². The number of hydrogen-bond acceptors (Lipinski definition) is 3. The molecule has 0 saturated heterocycles. The van der Waals surface area contributed by atoms with Crippen molar-refractivity contribution in [1.82, 2.24) is 0 Å². The molecule has 1 unspecified atom stereocenters. The second-order valence-corrected chi connectivity index (χ2v) is 5.48. The van der Waals surface area contributed by atoms with Crippen molar-refractivity contribution in [3.05, 3.63) is 53.8 Å². The highest BCUT2D eigenvalue weighted by Crippen LogP contribution is 2.20. The Balaban J connectivity index is 2.17. The van der Waals surface area contributed by atoms with Gasteiger partial charge in [0, 0.05) is 10.6 Å². The van der Waals surface area contributed by atoms with Gasteiger partial charge in [-0.25, -0.2) is 4.39 Å². The lowest BCUT2D eigenvalue weighted by molar-refractivity contribution is 0.386. The predicted octanol–water partition coefficient (Wildman–Crippen LogP) is 2.72. The molecule has 0 aliphatic carbocycles.